The van der Waals surface area contributed by atoms with Gasteiger partial charge in [-0.15, -0.1) is 0 Å². The minimum absolute atomic E-state index is 0.439. The summed E-state index contributed by atoms with van der Waals surface area (Å²) in [6, 6.07) is 5.65. The molecule has 132 valence electrons. The van der Waals surface area contributed by atoms with Gasteiger partial charge in [0.1, 0.15) is 17.7 Å². The summed E-state index contributed by atoms with van der Waals surface area (Å²) in [7, 11) is 3.86. The summed E-state index contributed by atoms with van der Waals surface area (Å²) in [5.74, 6) is 1.44. The van der Waals surface area contributed by atoms with Crippen molar-refractivity contribution < 1.29 is 0 Å². The molecule has 1 aromatic carbocycles. The van der Waals surface area contributed by atoms with Gasteiger partial charge in [-0.1, -0.05) is 24.2 Å². The number of H-pyrrole nitrogens is 1. The van der Waals surface area contributed by atoms with Crippen molar-refractivity contribution in [3.05, 3.63) is 48.0 Å². The molecule has 0 unspecified atom stereocenters. The highest BCUT2D eigenvalue weighted by Gasteiger charge is 2.27. The van der Waals surface area contributed by atoms with E-state index in [1.54, 1.807) is 6.33 Å². The van der Waals surface area contributed by atoms with Crippen molar-refractivity contribution in [3.8, 4) is 0 Å². The lowest BCUT2D eigenvalue weighted by atomic mass is 10.1. The van der Waals surface area contributed by atoms with E-state index in [0.717, 1.165) is 28.3 Å². The summed E-state index contributed by atoms with van der Waals surface area (Å²) >= 11 is 6.36. The Morgan fingerprint density at radius 2 is 2.12 bits per heavy atom. The van der Waals surface area contributed by atoms with Crippen LogP contribution in [0.25, 0.3) is 16.9 Å². The second kappa shape index (κ2) is 6.40. The number of nitrogens with zero attached hydrogens (tertiary/aromatic N) is 6. The quantitative estimate of drug-likeness (QED) is 0.736. The highest BCUT2D eigenvalue weighted by Crippen LogP contribution is 2.38. The average molecular weight is 369 g/mol. The Balaban J connectivity index is 1.69. The van der Waals surface area contributed by atoms with Crippen molar-refractivity contribution in [2.75, 3.05) is 26.0 Å². The van der Waals surface area contributed by atoms with Crippen molar-refractivity contribution in [3.63, 3.8) is 0 Å². The summed E-state index contributed by atoms with van der Waals surface area (Å²) in [5, 5.41) is 7.77. The van der Waals surface area contributed by atoms with Crippen LogP contribution in [0, 0.1) is 0 Å². The SMILES string of the molecule is C=C1c2c(Cl)cccc2N=C(CNc2ncnc3nc[nH]c23)N1N(C)C. The summed E-state index contributed by atoms with van der Waals surface area (Å²) in [4.78, 5) is 20.4. The van der Waals surface area contributed by atoms with E-state index in [4.69, 9.17) is 16.6 Å². The number of imidazole rings is 1. The number of aromatic nitrogens is 4. The molecule has 1 aliphatic heterocycles. The molecule has 2 N–H and O–H groups in total. The lowest BCUT2D eigenvalue weighted by Gasteiger charge is -2.37. The number of hydrogen-bond acceptors (Lipinski definition) is 7. The Labute approximate surface area is 155 Å². The van der Waals surface area contributed by atoms with E-state index in [2.05, 4.69) is 31.8 Å². The van der Waals surface area contributed by atoms with Crippen molar-refractivity contribution in [2.45, 2.75) is 0 Å². The third-order valence-electron chi connectivity index (χ3n) is 4.07. The number of rotatable bonds is 4. The summed E-state index contributed by atoms with van der Waals surface area (Å²) in [6.07, 6.45) is 3.07. The number of amidine groups is 1. The van der Waals surface area contributed by atoms with Gasteiger partial charge in [-0.3, -0.25) is 5.01 Å². The zero-order valence-corrected chi connectivity index (χ0v) is 15.1. The van der Waals surface area contributed by atoms with Gasteiger partial charge in [-0.05, 0) is 12.1 Å². The molecule has 0 aliphatic carbocycles. The molecule has 0 amide bonds. The molecule has 0 bridgehead atoms. The lowest BCUT2D eigenvalue weighted by molar-refractivity contribution is 0.182. The number of aliphatic imine (C=N–C) groups is 1. The molecule has 8 nitrogen and oxygen atoms in total. The maximum atomic E-state index is 6.36. The first-order valence-electron chi connectivity index (χ1n) is 7.97. The van der Waals surface area contributed by atoms with Crippen molar-refractivity contribution in [1.82, 2.24) is 30.0 Å². The van der Waals surface area contributed by atoms with Crippen LogP contribution in [0.2, 0.25) is 5.02 Å². The Hall–Kier alpha value is -2.97. The van der Waals surface area contributed by atoms with Gasteiger partial charge < -0.3 is 10.3 Å². The van der Waals surface area contributed by atoms with Crippen LogP contribution in [0.4, 0.5) is 11.5 Å². The third-order valence-corrected chi connectivity index (χ3v) is 4.38. The molecule has 0 saturated carbocycles. The van der Waals surface area contributed by atoms with Gasteiger partial charge in [0.25, 0.3) is 0 Å². The van der Waals surface area contributed by atoms with Crippen molar-refractivity contribution >= 4 is 45.8 Å². The van der Waals surface area contributed by atoms with Crippen LogP contribution >= 0.6 is 11.6 Å². The summed E-state index contributed by atoms with van der Waals surface area (Å²) in [6.45, 7) is 4.65. The fraction of sp³-hybridized carbons (Fsp3) is 0.176. The number of fused-ring (bicyclic) bond motifs is 2. The lowest BCUT2D eigenvalue weighted by Crippen LogP contribution is -2.44. The monoisotopic (exact) mass is 368 g/mol. The molecule has 26 heavy (non-hydrogen) atoms. The van der Waals surface area contributed by atoms with E-state index < -0.39 is 0 Å². The van der Waals surface area contributed by atoms with Crippen molar-refractivity contribution in [2.24, 2.45) is 4.99 Å². The summed E-state index contributed by atoms with van der Waals surface area (Å²) < 4.78 is 0. The minimum Gasteiger partial charge on any atom is -0.361 e. The minimum atomic E-state index is 0.439. The van der Waals surface area contributed by atoms with Gasteiger partial charge in [0, 0.05) is 19.7 Å². The summed E-state index contributed by atoms with van der Waals surface area (Å²) in [5.41, 5.74) is 3.77. The maximum Gasteiger partial charge on any atom is 0.182 e. The van der Waals surface area contributed by atoms with Crippen LogP contribution in [-0.4, -0.2) is 56.4 Å². The predicted octanol–water partition coefficient (Wildman–Crippen LogP) is 2.91. The van der Waals surface area contributed by atoms with Gasteiger partial charge in [0.05, 0.1) is 29.3 Å². The Morgan fingerprint density at radius 1 is 1.27 bits per heavy atom. The molecular weight excluding hydrogens is 352 g/mol. The number of nitrogens with one attached hydrogen (secondary N) is 2. The van der Waals surface area contributed by atoms with E-state index in [1.807, 2.05) is 42.3 Å². The van der Waals surface area contributed by atoms with E-state index in [9.17, 15) is 0 Å². The highest BCUT2D eigenvalue weighted by atomic mass is 35.5. The number of hydrazine groups is 1. The highest BCUT2D eigenvalue weighted by molar-refractivity contribution is 6.33. The molecule has 3 aromatic rings. The molecule has 0 fully saturated rings. The molecule has 0 saturated heterocycles. The second-order valence-electron chi connectivity index (χ2n) is 5.94. The molecule has 1 aliphatic rings. The fourth-order valence-electron chi connectivity index (χ4n) is 2.99. The largest absolute Gasteiger partial charge is 0.361 e. The Morgan fingerprint density at radius 3 is 2.92 bits per heavy atom. The molecule has 0 atom stereocenters. The van der Waals surface area contributed by atoms with Gasteiger partial charge in [0.2, 0.25) is 0 Å². The molecule has 4 rings (SSSR count). The van der Waals surface area contributed by atoms with Crippen LogP contribution in [0.3, 0.4) is 0 Å². The third kappa shape index (κ3) is 2.69. The smallest absolute Gasteiger partial charge is 0.182 e. The van der Waals surface area contributed by atoms with Crippen LogP contribution in [0.1, 0.15) is 5.56 Å². The Bertz CT molecular complexity index is 1020. The molecule has 2 aromatic heterocycles. The molecule has 3 heterocycles. The second-order valence-corrected chi connectivity index (χ2v) is 6.35. The average Bonchev–Trinajstić information content (AvgIpc) is 3.08. The molecule has 0 radical (unpaired) electrons. The van der Waals surface area contributed by atoms with Crippen LogP contribution < -0.4 is 5.32 Å². The van der Waals surface area contributed by atoms with Crippen LogP contribution in [0.15, 0.2) is 42.4 Å². The van der Waals surface area contributed by atoms with E-state index in [0.29, 0.717) is 23.0 Å². The van der Waals surface area contributed by atoms with E-state index >= 15 is 0 Å². The van der Waals surface area contributed by atoms with Crippen molar-refractivity contribution in [1.29, 1.82) is 0 Å². The number of anilines is 1. The fourth-order valence-corrected chi connectivity index (χ4v) is 3.27. The Kier molecular flexibility index (Phi) is 4.06. The first-order valence-corrected chi connectivity index (χ1v) is 8.34. The maximum absolute atomic E-state index is 6.36. The number of benzene rings is 1. The molecular formula is C17H17ClN8. The first kappa shape index (κ1) is 16.5. The first-order chi connectivity index (χ1) is 12.6. The molecule has 0 spiro atoms. The van der Waals surface area contributed by atoms with Gasteiger partial charge >= 0.3 is 0 Å². The van der Waals surface area contributed by atoms with Gasteiger partial charge in [0.15, 0.2) is 11.5 Å². The van der Waals surface area contributed by atoms with Crippen LogP contribution in [0.5, 0.6) is 0 Å². The van der Waals surface area contributed by atoms with Crippen LogP contribution in [-0.2, 0) is 0 Å². The van der Waals surface area contributed by atoms with Gasteiger partial charge in [-0.2, -0.15) is 0 Å². The molecule has 9 heteroatoms. The van der Waals surface area contributed by atoms with Gasteiger partial charge in [-0.25, -0.2) is 25.0 Å². The normalized spacial score (nSPS) is 13.9. The standard InChI is InChI=1S/C17H17ClN8/c1-10-14-11(18)5-4-6-12(14)24-13(26(10)25(2)3)7-19-16-15-17(21-8-20-15)23-9-22-16/h4-6,8-9H,1,7H2,2-3H3,(H2,19,20,21,22,23). The van der Waals surface area contributed by atoms with E-state index in [-0.39, 0.29) is 0 Å². The number of aromatic amines is 1. The zero-order valence-electron chi connectivity index (χ0n) is 14.4. The number of hydrogen-bond donors (Lipinski definition) is 2. The predicted molar refractivity (Wildman–Crippen MR) is 103 cm³/mol. The topological polar surface area (TPSA) is 85.3 Å². The zero-order chi connectivity index (χ0) is 18.3. The number of halogens is 1. The van der Waals surface area contributed by atoms with E-state index in [1.165, 1.54) is 6.33 Å².